The summed E-state index contributed by atoms with van der Waals surface area (Å²) in [5, 5.41) is 2.65. The molecule has 2 rings (SSSR count). The van der Waals surface area contributed by atoms with Crippen LogP contribution in [0.5, 0.6) is 0 Å². The van der Waals surface area contributed by atoms with Gasteiger partial charge in [0.2, 0.25) is 0 Å². The molecule has 0 aromatic heterocycles. The molecule has 1 N–H and O–H groups in total. The van der Waals surface area contributed by atoms with Crippen molar-refractivity contribution in [2.24, 2.45) is 0 Å². The molecule has 0 heterocycles. The fourth-order valence-corrected chi connectivity index (χ4v) is 2.53. The molecule has 2 aromatic rings. The minimum Gasteiger partial charge on any atom is -0.452 e. The van der Waals surface area contributed by atoms with Gasteiger partial charge in [0, 0.05) is 0 Å². The molecule has 0 aliphatic rings. The molecule has 1 amide bonds. The molecule has 0 saturated heterocycles. The zero-order chi connectivity index (χ0) is 20.0. The lowest BCUT2D eigenvalue weighted by Crippen LogP contribution is -2.31. The Morgan fingerprint density at radius 3 is 2.30 bits per heavy atom. The van der Waals surface area contributed by atoms with Gasteiger partial charge in [-0.3, -0.25) is 4.79 Å². The number of aryl methyl sites for hydroxylation is 1. The third-order valence-corrected chi connectivity index (χ3v) is 4.05. The molecule has 2 aromatic carbocycles. The molecular weight excluding hydrogens is 359 g/mol. The number of hydrogen-bond acceptors (Lipinski definition) is 3. The first-order valence-electron chi connectivity index (χ1n) is 8.44. The first-order chi connectivity index (χ1) is 12.7. The second-order valence-electron chi connectivity index (χ2n) is 6.00. The lowest BCUT2D eigenvalue weighted by atomic mass is 10.1. The van der Waals surface area contributed by atoms with E-state index in [1.807, 2.05) is 31.2 Å². The van der Waals surface area contributed by atoms with E-state index < -0.39 is 35.8 Å². The summed E-state index contributed by atoms with van der Waals surface area (Å²) in [7, 11) is 0. The maximum atomic E-state index is 12.9. The second kappa shape index (κ2) is 8.70. The number of benzene rings is 2. The normalized spacial score (nSPS) is 12.3. The molecule has 0 saturated carbocycles. The standard InChI is InChI=1S/C20H20F3NO3/c1-3-14-8-10-15(11-9-14)13(2)24-18(25)12-27-19(26)16-6-4-5-7-17(16)20(21,22)23/h4-11,13H,3,12H2,1-2H3,(H,24,25)/t13-/m0/s1. The third kappa shape index (κ3) is 5.57. The highest BCUT2D eigenvalue weighted by atomic mass is 19.4. The lowest BCUT2D eigenvalue weighted by molar-refractivity contribution is -0.138. The fraction of sp³-hybridized carbons (Fsp3) is 0.300. The zero-order valence-corrected chi connectivity index (χ0v) is 15.0. The highest BCUT2D eigenvalue weighted by Crippen LogP contribution is 2.32. The number of carbonyl (C=O) groups excluding carboxylic acids is 2. The highest BCUT2D eigenvalue weighted by molar-refractivity contribution is 5.93. The molecule has 0 aliphatic heterocycles. The van der Waals surface area contributed by atoms with Gasteiger partial charge in [0.1, 0.15) is 0 Å². The molecular formula is C20H20F3NO3. The van der Waals surface area contributed by atoms with E-state index >= 15 is 0 Å². The van der Waals surface area contributed by atoms with Crippen molar-refractivity contribution in [1.82, 2.24) is 5.32 Å². The average Bonchev–Trinajstić information content (AvgIpc) is 2.65. The van der Waals surface area contributed by atoms with Crippen molar-refractivity contribution in [1.29, 1.82) is 0 Å². The lowest BCUT2D eigenvalue weighted by Gasteiger charge is -2.15. The van der Waals surface area contributed by atoms with Crippen LogP contribution in [-0.2, 0) is 22.1 Å². The molecule has 27 heavy (non-hydrogen) atoms. The molecule has 0 aliphatic carbocycles. The Bertz CT molecular complexity index is 801. The largest absolute Gasteiger partial charge is 0.452 e. The van der Waals surface area contributed by atoms with E-state index in [-0.39, 0.29) is 6.04 Å². The molecule has 7 heteroatoms. The summed E-state index contributed by atoms with van der Waals surface area (Å²) in [5.41, 5.74) is 0.310. The predicted octanol–water partition coefficient (Wildman–Crippen LogP) is 4.30. The SMILES string of the molecule is CCc1ccc([C@H](C)NC(=O)COC(=O)c2ccccc2C(F)(F)F)cc1. The van der Waals surface area contributed by atoms with Crippen LogP contribution >= 0.6 is 0 Å². The first-order valence-corrected chi connectivity index (χ1v) is 8.44. The van der Waals surface area contributed by atoms with E-state index in [1.165, 1.54) is 12.1 Å². The number of amides is 1. The van der Waals surface area contributed by atoms with Gasteiger partial charge in [0.25, 0.3) is 5.91 Å². The van der Waals surface area contributed by atoms with Crippen LogP contribution in [0.4, 0.5) is 13.2 Å². The van der Waals surface area contributed by atoms with Gasteiger partial charge in [-0.2, -0.15) is 13.2 Å². The van der Waals surface area contributed by atoms with Gasteiger partial charge in [0.05, 0.1) is 17.2 Å². The molecule has 0 spiro atoms. The minimum absolute atomic E-state index is 0.329. The van der Waals surface area contributed by atoms with Crippen molar-refractivity contribution in [2.45, 2.75) is 32.5 Å². The quantitative estimate of drug-likeness (QED) is 0.762. The summed E-state index contributed by atoms with van der Waals surface area (Å²) < 4.78 is 43.6. The summed E-state index contributed by atoms with van der Waals surface area (Å²) in [5.74, 6) is -1.79. The predicted molar refractivity (Wildman–Crippen MR) is 94.1 cm³/mol. The van der Waals surface area contributed by atoms with Crippen molar-refractivity contribution in [3.63, 3.8) is 0 Å². The number of rotatable bonds is 6. The van der Waals surface area contributed by atoms with Gasteiger partial charge < -0.3 is 10.1 Å². The monoisotopic (exact) mass is 379 g/mol. The summed E-state index contributed by atoms with van der Waals surface area (Å²) in [6, 6.07) is 11.6. The Kier molecular flexibility index (Phi) is 6.60. The number of ether oxygens (including phenoxy) is 1. The minimum atomic E-state index is -4.68. The molecule has 4 nitrogen and oxygen atoms in total. The van der Waals surface area contributed by atoms with Crippen molar-refractivity contribution >= 4 is 11.9 Å². The summed E-state index contributed by atoms with van der Waals surface area (Å²) in [6.07, 6.45) is -3.78. The van der Waals surface area contributed by atoms with E-state index in [0.717, 1.165) is 29.7 Å². The van der Waals surface area contributed by atoms with Crippen LogP contribution in [0.25, 0.3) is 0 Å². The molecule has 144 valence electrons. The number of alkyl halides is 3. The van der Waals surface area contributed by atoms with Gasteiger partial charge in [0.15, 0.2) is 6.61 Å². The average molecular weight is 379 g/mol. The van der Waals surface area contributed by atoms with Crippen LogP contribution in [-0.4, -0.2) is 18.5 Å². The number of esters is 1. The van der Waals surface area contributed by atoms with Crippen molar-refractivity contribution in [2.75, 3.05) is 6.61 Å². The van der Waals surface area contributed by atoms with Gasteiger partial charge in [-0.05, 0) is 36.6 Å². The number of hydrogen-bond donors (Lipinski definition) is 1. The first kappa shape index (κ1) is 20.5. The van der Waals surface area contributed by atoms with Gasteiger partial charge in [-0.25, -0.2) is 4.79 Å². The van der Waals surface area contributed by atoms with Crippen LogP contribution in [0.3, 0.4) is 0 Å². The van der Waals surface area contributed by atoms with Gasteiger partial charge in [-0.15, -0.1) is 0 Å². The number of carbonyl (C=O) groups is 2. The second-order valence-corrected chi connectivity index (χ2v) is 6.00. The summed E-state index contributed by atoms with van der Waals surface area (Å²) in [6.45, 7) is 3.13. The van der Waals surface area contributed by atoms with Crippen LogP contribution in [0.1, 0.15) is 46.9 Å². The summed E-state index contributed by atoms with van der Waals surface area (Å²) in [4.78, 5) is 23.9. The Hall–Kier alpha value is -2.83. The van der Waals surface area contributed by atoms with Crippen LogP contribution < -0.4 is 5.32 Å². The molecule has 1 atom stereocenters. The van der Waals surface area contributed by atoms with Crippen molar-refractivity contribution < 1.29 is 27.5 Å². The smallest absolute Gasteiger partial charge is 0.417 e. The topological polar surface area (TPSA) is 55.4 Å². The number of nitrogens with one attached hydrogen (secondary N) is 1. The van der Waals surface area contributed by atoms with Crippen molar-refractivity contribution in [3.8, 4) is 0 Å². The van der Waals surface area contributed by atoms with E-state index in [2.05, 4.69) is 5.32 Å². The van der Waals surface area contributed by atoms with E-state index in [1.54, 1.807) is 6.92 Å². The van der Waals surface area contributed by atoms with E-state index in [9.17, 15) is 22.8 Å². The van der Waals surface area contributed by atoms with Crippen LogP contribution in [0, 0.1) is 0 Å². The van der Waals surface area contributed by atoms with Gasteiger partial charge >= 0.3 is 12.1 Å². The van der Waals surface area contributed by atoms with Crippen LogP contribution in [0.15, 0.2) is 48.5 Å². The molecule has 0 fully saturated rings. The number of halogens is 3. The maximum Gasteiger partial charge on any atom is 0.417 e. The van der Waals surface area contributed by atoms with E-state index in [0.29, 0.717) is 0 Å². The fourth-order valence-electron chi connectivity index (χ4n) is 2.53. The Morgan fingerprint density at radius 1 is 1.07 bits per heavy atom. The Labute approximate surface area is 155 Å². The molecule has 0 unspecified atom stereocenters. The van der Waals surface area contributed by atoms with E-state index in [4.69, 9.17) is 4.74 Å². The summed E-state index contributed by atoms with van der Waals surface area (Å²) >= 11 is 0. The highest BCUT2D eigenvalue weighted by Gasteiger charge is 2.35. The Morgan fingerprint density at radius 2 is 1.70 bits per heavy atom. The maximum absolute atomic E-state index is 12.9. The van der Waals surface area contributed by atoms with Gasteiger partial charge in [-0.1, -0.05) is 43.3 Å². The zero-order valence-electron chi connectivity index (χ0n) is 15.0. The third-order valence-electron chi connectivity index (χ3n) is 4.05. The van der Waals surface area contributed by atoms with Crippen LogP contribution in [0.2, 0.25) is 0 Å². The molecule has 0 bridgehead atoms. The Balaban J connectivity index is 1.94. The molecule has 0 radical (unpaired) electrons. The van der Waals surface area contributed by atoms with Crippen molar-refractivity contribution in [3.05, 3.63) is 70.8 Å².